The highest BCUT2D eigenvalue weighted by Crippen LogP contribution is 2.39. The zero-order valence-electron chi connectivity index (χ0n) is 41.8. The Balaban J connectivity index is 1.83. The van der Waals surface area contributed by atoms with E-state index >= 15 is 0 Å². The predicted octanol–water partition coefficient (Wildman–Crippen LogP) is -2.69. The third kappa shape index (κ3) is 14.7. The topological polar surface area (TPSA) is 341 Å². The van der Waals surface area contributed by atoms with Crippen molar-refractivity contribution in [2.45, 2.75) is 164 Å². The maximum absolute atomic E-state index is 13.9. The average molecular weight is 1040 g/mol. The molecule has 4 aliphatic rings. The molecular formula is C43H64O29. The average Bonchev–Trinajstić information content (AvgIpc) is 3.32. The number of aliphatic hydroxyl groups excluding tert-OH is 1. The number of carbonyl (C=O) groups is 8. The van der Waals surface area contributed by atoms with E-state index in [0.29, 0.717) is 0 Å². The third-order valence-electron chi connectivity index (χ3n) is 11.4. The SMILES string of the molecule is COC(=O)C1O[C@@H](O[C@H]2C(OC(C)=O)C(OC(C)=O)[C@@H](O[C@H]3C(OC)C(OC)[C@@H](O[C@@H]4C(COC(C)=O)O[C@H](OC)C(OC(C)=O)[C@H]4OC(C)=O)O[C@H]3C(=O)OC)O[C@H]2COC(C)=O)C(OC)[C@@H](OC)[C@@H]1O. The van der Waals surface area contributed by atoms with Crippen LogP contribution in [0.15, 0.2) is 0 Å². The fourth-order valence-corrected chi connectivity index (χ4v) is 8.46. The Hall–Kier alpha value is -4.76. The Bertz CT molecular complexity index is 1860. The zero-order valence-corrected chi connectivity index (χ0v) is 41.8. The number of rotatable bonds is 21. The monoisotopic (exact) mass is 1040 g/mol. The first-order valence-electron chi connectivity index (χ1n) is 22.1. The summed E-state index contributed by atoms with van der Waals surface area (Å²) < 4.78 is 115. The van der Waals surface area contributed by atoms with E-state index in [4.69, 9.17) is 94.7 Å². The van der Waals surface area contributed by atoms with Gasteiger partial charge in [-0.15, -0.1) is 0 Å². The molecule has 0 aromatic carbocycles. The molecule has 29 nitrogen and oxygen atoms in total. The van der Waals surface area contributed by atoms with E-state index in [1.165, 1.54) is 35.5 Å². The number of esters is 8. The van der Waals surface area contributed by atoms with Crippen molar-refractivity contribution in [3.63, 3.8) is 0 Å². The molecule has 0 radical (unpaired) electrons. The van der Waals surface area contributed by atoms with Gasteiger partial charge in [0.2, 0.25) is 0 Å². The van der Waals surface area contributed by atoms with E-state index in [1.54, 1.807) is 0 Å². The number of hydrogen-bond donors (Lipinski definition) is 1. The standard InChI is InChI=1S/C43H64O29/c1-16(44)60-14-22-25(30(62-18(3)46)36(64-20(5)48)40(59-13)66-22)69-42-35(56-10)29(54-8)32(33(72-42)39(52)58-12)71-43-37(65-21(6)49)31(63-19(4)47)26(23(67-43)15-61-17(2)45)68-41-34(55-9)27(53-7)24(50)28(70-41)38(51)57-11/h22-37,40-43,50H,14-15H2,1-13H3/t22?,23-,24-,25+,26+,27-,28?,29?,30-,31?,32-,33+,34?,35?,36?,37?,40-,41+,42-,43+/m0/s1. The van der Waals surface area contributed by atoms with Gasteiger partial charge in [-0.25, -0.2) is 9.59 Å². The molecule has 8 unspecified atom stereocenters. The summed E-state index contributed by atoms with van der Waals surface area (Å²) in [6.07, 6.45) is -32.4. The second-order valence-electron chi connectivity index (χ2n) is 16.2. The molecule has 20 atom stereocenters. The summed E-state index contributed by atoms with van der Waals surface area (Å²) >= 11 is 0. The molecule has 0 aromatic rings. The number of methoxy groups -OCH3 is 7. The van der Waals surface area contributed by atoms with Gasteiger partial charge < -0.3 is 99.8 Å². The Morgan fingerprint density at radius 2 is 0.708 bits per heavy atom. The van der Waals surface area contributed by atoms with E-state index in [9.17, 15) is 43.5 Å². The lowest BCUT2D eigenvalue weighted by Gasteiger charge is -2.51. The first-order chi connectivity index (χ1) is 34.1. The van der Waals surface area contributed by atoms with Gasteiger partial charge in [-0.2, -0.15) is 0 Å². The van der Waals surface area contributed by atoms with Crippen molar-refractivity contribution in [1.29, 1.82) is 0 Å². The fraction of sp³-hybridized carbons (Fsp3) is 0.814. The number of hydrogen-bond acceptors (Lipinski definition) is 29. The highest BCUT2D eigenvalue weighted by Gasteiger charge is 2.61. The van der Waals surface area contributed by atoms with Crippen molar-refractivity contribution < 1.29 is 138 Å². The highest BCUT2D eigenvalue weighted by molar-refractivity contribution is 5.76. The van der Waals surface area contributed by atoms with Crippen LogP contribution in [0.4, 0.5) is 0 Å². The van der Waals surface area contributed by atoms with Crippen molar-refractivity contribution >= 4 is 47.8 Å². The normalized spacial score (nSPS) is 36.7. The van der Waals surface area contributed by atoms with Gasteiger partial charge in [0.05, 0.1) is 14.2 Å². The molecule has 1 N–H and O–H groups in total. The molecule has 72 heavy (non-hydrogen) atoms. The molecule has 0 aromatic heterocycles. The van der Waals surface area contributed by atoms with Gasteiger partial charge in [-0.05, 0) is 0 Å². The van der Waals surface area contributed by atoms with Gasteiger partial charge in [0.1, 0.15) is 74.3 Å². The maximum atomic E-state index is 13.9. The van der Waals surface area contributed by atoms with Crippen molar-refractivity contribution in [3.05, 3.63) is 0 Å². The quantitative estimate of drug-likeness (QED) is 0.0903. The van der Waals surface area contributed by atoms with Crippen LogP contribution in [-0.4, -0.2) is 239 Å². The van der Waals surface area contributed by atoms with E-state index < -0.39 is 184 Å². The number of ether oxygens (including phenoxy) is 20. The van der Waals surface area contributed by atoms with Crippen molar-refractivity contribution in [2.75, 3.05) is 63.0 Å². The Morgan fingerprint density at radius 3 is 1.10 bits per heavy atom. The highest BCUT2D eigenvalue weighted by atomic mass is 16.8. The molecule has 410 valence electrons. The Kier molecular flexibility index (Phi) is 22.8. The second kappa shape index (κ2) is 27.5. The number of aliphatic hydroxyl groups is 1. The summed E-state index contributed by atoms with van der Waals surface area (Å²) in [6.45, 7) is 5.07. The zero-order chi connectivity index (χ0) is 53.7. The third-order valence-corrected chi connectivity index (χ3v) is 11.4. The van der Waals surface area contributed by atoms with Crippen LogP contribution >= 0.6 is 0 Å². The predicted molar refractivity (Wildman–Crippen MR) is 225 cm³/mol. The lowest BCUT2D eigenvalue weighted by Crippen LogP contribution is -2.69. The molecule has 0 bridgehead atoms. The van der Waals surface area contributed by atoms with Gasteiger partial charge in [-0.1, -0.05) is 0 Å². The minimum absolute atomic E-state index is 0.548. The van der Waals surface area contributed by atoms with Crippen molar-refractivity contribution in [1.82, 2.24) is 0 Å². The molecule has 4 saturated heterocycles. The molecule has 4 heterocycles. The van der Waals surface area contributed by atoms with E-state index in [-0.39, 0.29) is 0 Å². The summed E-state index contributed by atoms with van der Waals surface area (Å²) in [5, 5.41) is 11.0. The smallest absolute Gasteiger partial charge is 0.337 e. The van der Waals surface area contributed by atoms with Crippen LogP contribution in [0, 0.1) is 0 Å². The van der Waals surface area contributed by atoms with Crippen LogP contribution < -0.4 is 0 Å². The van der Waals surface area contributed by atoms with Crippen LogP contribution in [0.1, 0.15) is 41.5 Å². The number of carbonyl (C=O) groups excluding carboxylic acids is 8. The molecule has 0 saturated carbocycles. The van der Waals surface area contributed by atoms with Crippen molar-refractivity contribution in [3.8, 4) is 0 Å². The molecule has 4 fully saturated rings. The lowest BCUT2D eigenvalue weighted by molar-refractivity contribution is -0.386. The Labute approximate surface area is 412 Å². The van der Waals surface area contributed by atoms with Gasteiger partial charge in [0.25, 0.3) is 0 Å². The molecular weight excluding hydrogens is 980 g/mol. The summed E-state index contributed by atoms with van der Waals surface area (Å²) in [5.41, 5.74) is 0. The van der Waals surface area contributed by atoms with Crippen molar-refractivity contribution in [2.24, 2.45) is 0 Å². The second-order valence-corrected chi connectivity index (χ2v) is 16.2. The van der Waals surface area contributed by atoms with E-state index in [2.05, 4.69) is 0 Å². The fourth-order valence-electron chi connectivity index (χ4n) is 8.46. The molecule has 0 amide bonds. The van der Waals surface area contributed by atoms with Crippen LogP contribution in [0.25, 0.3) is 0 Å². The molecule has 4 aliphatic heterocycles. The molecule has 4 rings (SSSR count). The van der Waals surface area contributed by atoms with Crippen LogP contribution in [0.2, 0.25) is 0 Å². The summed E-state index contributed by atoms with van der Waals surface area (Å²) in [6, 6.07) is 0. The van der Waals surface area contributed by atoms with Crippen LogP contribution in [0.3, 0.4) is 0 Å². The minimum atomic E-state index is -1.95. The largest absolute Gasteiger partial charge is 0.467 e. The Morgan fingerprint density at radius 1 is 0.361 bits per heavy atom. The maximum Gasteiger partial charge on any atom is 0.337 e. The van der Waals surface area contributed by atoms with E-state index in [0.717, 1.165) is 55.8 Å². The molecule has 29 heteroatoms. The summed E-state index contributed by atoms with van der Waals surface area (Å²) in [5.74, 6) is -7.47. The van der Waals surface area contributed by atoms with Gasteiger partial charge in [0, 0.05) is 77.1 Å². The molecule has 0 spiro atoms. The minimum Gasteiger partial charge on any atom is -0.467 e. The van der Waals surface area contributed by atoms with Gasteiger partial charge in [-0.3, -0.25) is 28.8 Å². The molecule has 0 aliphatic carbocycles. The van der Waals surface area contributed by atoms with Gasteiger partial charge >= 0.3 is 47.8 Å². The summed E-state index contributed by atoms with van der Waals surface area (Å²) in [4.78, 5) is 102. The van der Waals surface area contributed by atoms with Gasteiger partial charge in [0.15, 0.2) is 61.8 Å². The van der Waals surface area contributed by atoms with Crippen LogP contribution in [-0.2, 0) is 133 Å². The van der Waals surface area contributed by atoms with Crippen LogP contribution in [0.5, 0.6) is 0 Å². The first-order valence-corrected chi connectivity index (χ1v) is 22.1. The lowest BCUT2D eigenvalue weighted by atomic mass is 9.94. The van der Waals surface area contributed by atoms with E-state index in [1.807, 2.05) is 0 Å². The first kappa shape index (κ1) is 59.8. The summed E-state index contributed by atoms with van der Waals surface area (Å²) in [7, 11) is 8.04.